The fourth-order valence-electron chi connectivity index (χ4n) is 6.41. The number of benzene rings is 1. The number of morpholine rings is 1. The molecular weight excluding hydrogens is 624 g/mol. The van der Waals surface area contributed by atoms with E-state index in [4.69, 9.17) is 30.9 Å². The van der Waals surface area contributed by atoms with Gasteiger partial charge in [0.1, 0.15) is 23.9 Å². The van der Waals surface area contributed by atoms with Gasteiger partial charge in [0.2, 0.25) is 5.95 Å². The number of halogens is 1. The van der Waals surface area contributed by atoms with Gasteiger partial charge in [-0.25, -0.2) is 14.6 Å². The summed E-state index contributed by atoms with van der Waals surface area (Å²) in [5.41, 5.74) is 2.36. The van der Waals surface area contributed by atoms with Crippen molar-refractivity contribution in [3.8, 4) is 22.8 Å². The van der Waals surface area contributed by atoms with E-state index in [1.54, 1.807) is 29.5 Å². The zero-order valence-corrected chi connectivity index (χ0v) is 27.8. The van der Waals surface area contributed by atoms with E-state index in [-0.39, 0.29) is 31.0 Å². The van der Waals surface area contributed by atoms with Crippen molar-refractivity contribution in [2.24, 2.45) is 0 Å². The molecule has 14 nitrogen and oxygen atoms in total. The minimum atomic E-state index is -0.212. The van der Waals surface area contributed by atoms with Crippen LogP contribution in [0.25, 0.3) is 11.1 Å². The predicted octanol–water partition coefficient (Wildman–Crippen LogP) is 4.55. The highest BCUT2D eigenvalue weighted by Gasteiger charge is 2.32. The third kappa shape index (κ3) is 8.55. The van der Waals surface area contributed by atoms with Crippen LogP contribution in [0.1, 0.15) is 58.9 Å². The summed E-state index contributed by atoms with van der Waals surface area (Å²) in [7, 11) is 0. The van der Waals surface area contributed by atoms with Crippen molar-refractivity contribution in [2.75, 3.05) is 31.6 Å². The molecule has 15 heteroatoms. The topological polar surface area (TPSA) is 150 Å². The molecule has 4 heterocycles. The van der Waals surface area contributed by atoms with Crippen LogP contribution in [0, 0.1) is 0 Å². The van der Waals surface area contributed by atoms with Crippen LogP contribution in [-0.2, 0) is 11.3 Å². The molecule has 0 amide bonds. The maximum Gasteiger partial charge on any atom is 0.256 e. The van der Waals surface area contributed by atoms with Gasteiger partial charge < -0.3 is 24.6 Å². The molecular formula is C32H43ClN10O4. The third-order valence-electron chi connectivity index (χ3n) is 8.57. The molecule has 4 aromatic rings. The van der Waals surface area contributed by atoms with Crippen molar-refractivity contribution in [2.45, 2.75) is 89.8 Å². The van der Waals surface area contributed by atoms with Crippen molar-refractivity contribution in [1.29, 1.82) is 0 Å². The SMILES string of the molecule is C[C@@H]1CN(C2CCC(n3cc(Nc4ncc(-c5ccc(Cl)c(O[C@@H](C)Cn6cnnn6)c5)cn4)c(OCCCO)n3)CC2)C[C@H](C)O1. The lowest BCUT2D eigenvalue weighted by Crippen LogP contribution is -2.51. The Balaban J connectivity index is 1.11. The lowest BCUT2D eigenvalue weighted by atomic mass is 9.89. The first kappa shape index (κ1) is 33.1. The number of ether oxygens (including phenoxy) is 3. The summed E-state index contributed by atoms with van der Waals surface area (Å²) in [6.07, 6.45) is 12.2. The molecule has 0 spiro atoms. The van der Waals surface area contributed by atoms with E-state index in [0.717, 1.165) is 49.9 Å². The van der Waals surface area contributed by atoms with Crippen LogP contribution in [0.3, 0.4) is 0 Å². The lowest BCUT2D eigenvalue weighted by molar-refractivity contribution is -0.0852. The Morgan fingerprint density at radius 2 is 1.81 bits per heavy atom. The van der Waals surface area contributed by atoms with E-state index in [2.05, 4.69) is 49.6 Å². The van der Waals surface area contributed by atoms with Crippen LogP contribution in [0.5, 0.6) is 11.6 Å². The summed E-state index contributed by atoms with van der Waals surface area (Å²) in [6.45, 7) is 9.12. The Kier molecular flexibility index (Phi) is 10.8. The van der Waals surface area contributed by atoms with Crippen molar-refractivity contribution >= 4 is 23.2 Å². The van der Waals surface area contributed by atoms with Crippen LogP contribution in [0.15, 0.2) is 43.1 Å². The minimum absolute atomic E-state index is 0.0481. The van der Waals surface area contributed by atoms with E-state index in [1.165, 1.54) is 0 Å². The number of aliphatic hydroxyl groups is 1. The molecule has 6 rings (SSSR count). The van der Waals surface area contributed by atoms with Gasteiger partial charge in [0.15, 0.2) is 0 Å². The van der Waals surface area contributed by atoms with E-state index in [9.17, 15) is 5.11 Å². The number of anilines is 2. The molecule has 2 fully saturated rings. The Bertz CT molecular complexity index is 1550. The van der Waals surface area contributed by atoms with Gasteiger partial charge in [-0.15, -0.1) is 10.2 Å². The van der Waals surface area contributed by atoms with Crippen LogP contribution in [0.2, 0.25) is 5.02 Å². The fraction of sp³-hybridized carbons (Fsp3) is 0.562. The zero-order chi connectivity index (χ0) is 32.8. The number of hydrogen-bond donors (Lipinski definition) is 2. The summed E-state index contributed by atoms with van der Waals surface area (Å²) in [4.78, 5) is 11.8. The molecule has 1 saturated heterocycles. The summed E-state index contributed by atoms with van der Waals surface area (Å²) in [5, 5.41) is 29.1. The predicted molar refractivity (Wildman–Crippen MR) is 176 cm³/mol. The van der Waals surface area contributed by atoms with E-state index in [1.807, 2.05) is 29.9 Å². The second kappa shape index (κ2) is 15.4. The van der Waals surface area contributed by atoms with Crippen LogP contribution in [-0.4, -0.2) is 101 Å². The molecule has 1 aliphatic heterocycles. The first-order valence-corrected chi connectivity index (χ1v) is 16.7. The number of hydrogen-bond acceptors (Lipinski definition) is 12. The third-order valence-corrected chi connectivity index (χ3v) is 8.88. The average molecular weight is 667 g/mol. The Labute approximate surface area is 279 Å². The normalized spacial score (nSPS) is 22.6. The quantitative estimate of drug-likeness (QED) is 0.193. The Morgan fingerprint density at radius 1 is 1.06 bits per heavy atom. The molecule has 1 aromatic carbocycles. The average Bonchev–Trinajstić information content (AvgIpc) is 3.72. The van der Waals surface area contributed by atoms with Crippen LogP contribution >= 0.6 is 11.6 Å². The lowest BCUT2D eigenvalue weighted by Gasteiger charge is -2.42. The summed E-state index contributed by atoms with van der Waals surface area (Å²) >= 11 is 6.44. The highest BCUT2D eigenvalue weighted by atomic mass is 35.5. The molecule has 3 atom stereocenters. The monoisotopic (exact) mass is 666 g/mol. The largest absolute Gasteiger partial charge is 0.487 e. The highest BCUT2D eigenvalue weighted by Crippen LogP contribution is 2.36. The van der Waals surface area contributed by atoms with Gasteiger partial charge >= 0.3 is 0 Å². The first-order valence-electron chi connectivity index (χ1n) is 16.3. The number of aromatic nitrogens is 8. The van der Waals surface area contributed by atoms with Gasteiger partial charge in [-0.1, -0.05) is 17.7 Å². The second-order valence-electron chi connectivity index (χ2n) is 12.5. The highest BCUT2D eigenvalue weighted by molar-refractivity contribution is 6.32. The Hall–Kier alpha value is -3.85. The van der Waals surface area contributed by atoms with E-state index in [0.29, 0.717) is 53.9 Å². The van der Waals surface area contributed by atoms with Crippen LogP contribution in [0.4, 0.5) is 11.6 Å². The van der Waals surface area contributed by atoms with Gasteiger partial charge in [-0.05, 0) is 74.6 Å². The van der Waals surface area contributed by atoms with Crippen molar-refractivity contribution in [3.05, 3.63) is 48.1 Å². The van der Waals surface area contributed by atoms with Gasteiger partial charge in [0, 0.05) is 50.1 Å². The molecule has 252 valence electrons. The van der Waals surface area contributed by atoms with Gasteiger partial charge in [-0.2, -0.15) is 0 Å². The van der Waals surface area contributed by atoms with Gasteiger partial charge in [-0.3, -0.25) is 9.58 Å². The number of aliphatic hydroxyl groups excluding tert-OH is 1. The molecule has 1 saturated carbocycles. The molecule has 2 aliphatic rings. The van der Waals surface area contributed by atoms with Crippen molar-refractivity contribution < 1.29 is 19.3 Å². The van der Waals surface area contributed by atoms with E-state index >= 15 is 0 Å². The second-order valence-corrected chi connectivity index (χ2v) is 12.9. The molecule has 0 bridgehead atoms. The van der Waals surface area contributed by atoms with Crippen LogP contribution < -0.4 is 14.8 Å². The van der Waals surface area contributed by atoms with Gasteiger partial charge in [0.25, 0.3) is 5.88 Å². The number of nitrogens with zero attached hydrogens (tertiary/aromatic N) is 9. The maximum atomic E-state index is 9.29. The van der Waals surface area contributed by atoms with Gasteiger partial charge in [0.05, 0.1) is 42.6 Å². The molecule has 0 unspecified atom stereocenters. The van der Waals surface area contributed by atoms with Crippen molar-refractivity contribution in [1.82, 2.24) is 44.9 Å². The maximum absolute atomic E-state index is 9.29. The zero-order valence-electron chi connectivity index (χ0n) is 27.1. The standard InChI is InChI=1S/C32H43ClN10O4/c1-21-16-41(17-22(2)46-21)26-6-8-27(9-7-26)43-19-29(31(38-43)45-12-4-11-44)37-32-34-14-25(15-35-32)24-5-10-28(33)30(13-24)47-23(3)18-42-20-36-39-40-42/h5,10,13-15,19-23,26-27,44H,4,6-9,11-12,16-18H2,1-3H3,(H,34,35,37)/t21-,22+,23-,26?,27?/m0/s1. The molecule has 2 N–H and O–H groups in total. The Morgan fingerprint density at radius 3 is 2.51 bits per heavy atom. The van der Waals surface area contributed by atoms with Crippen molar-refractivity contribution in [3.63, 3.8) is 0 Å². The minimum Gasteiger partial charge on any atom is -0.487 e. The summed E-state index contributed by atoms with van der Waals surface area (Å²) in [6, 6.07) is 6.42. The number of nitrogens with one attached hydrogen (secondary N) is 1. The molecule has 3 aromatic heterocycles. The molecule has 1 aliphatic carbocycles. The molecule has 0 radical (unpaired) electrons. The number of rotatable bonds is 13. The fourth-order valence-corrected chi connectivity index (χ4v) is 6.57. The first-order chi connectivity index (χ1) is 22.8. The summed E-state index contributed by atoms with van der Waals surface area (Å²) in [5.74, 6) is 1.44. The summed E-state index contributed by atoms with van der Waals surface area (Å²) < 4.78 is 21.6. The number of tetrazole rings is 1. The molecule has 47 heavy (non-hydrogen) atoms. The van der Waals surface area contributed by atoms with E-state index < -0.39 is 0 Å². The smallest absolute Gasteiger partial charge is 0.256 e.